The van der Waals surface area contributed by atoms with Crippen molar-refractivity contribution in [2.75, 3.05) is 20.0 Å². The van der Waals surface area contributed by atoms with Gasteiger partial charge in [-0.25, -0.2) is 0 Å². The Morgan fingerprint density at radius 2 is 2.17 bits per heavy atom. The molecule has 0 saturated heterocycles. The molecule has 0 aliphatic carbocycles. The van der Waals surface area contributed by atoms with E-state index in [9.17, 15) is 0 Å². The number of hydrogen-bond donors (Lipinski definition) is 0. The quantitative estimate of drug-likeness (QED) is 0.481. The van der Waals surface area contributed by atoms with E-state index >= 15 is 0 Å². The minimum Gasteiger partial charge on any atom is -0.300 e. The summed E-state index contributed by atoms with van der Waals surface area (Å²) in [6, 6.07) is 0. The Morgan fingerprint density at radius 1 is 1.67 bits per heavy atom. The molecule has 0 aliphatic rings. The largest absolute Gasteiger partial charge is 0.300 e. The predicted molar refractivity (Wildman–Crippen MR) is 31.5 cm³/mol. The molecule has 0 aromatic rings. The van der Waals surface area contributed by atoms with Crippen LogP contribution in [-0.2, 0) is 0 Å². The van der Waals surface area contributed by atoms with Crippen LogP contribution in [0.3, 0.4) is 0 Å². The second kappa shape index (κ2) is 3.50. The molecule has 2 heteroatoms. The van der Waals surface area contributed by atoms with Crippen LogP contribution >= 0.6 is 11.8 Å². The summed E-state index contributed by atoms with van der Waals surface area (Å²) in [4.78, 5) is 2.08. The highest BCUT2D eigenvalue weighted by atomic mass is 32.2. The van der Waals surface area contributed by atoms with Crippen molar-refractivity contribution < 1.29 is 0 Å². The molecule has 0 bridgehead atoms. The summed E-state index contributed by atoms with van der Waals surface area (Å²) in [6.07, 6.45) is 3.60. The van der Waals surface area contributed by atoms with Gasteiger partial charge in [-0.3, -0.25) is 0 Å². The topological polar surface area (TPSA) is 3.24 Å². The molecular formula is C4H10NS. The second-order valence-electron chi connectivity index (χ2n) is 1.41. The van der Waals surface area contributed by atoms with Gasteiger partial charge < -0.3 is 4.90 Å². The Bertz CT molecular complexity index is 28.7. The summed E-state index contributed by atoms with van der Waals surface area (Å²) in [7, 11) is 4.05. The lowest BCUT2D eigenvalue weighted by Gasteiger charge is -2.03. The van der Waals surface area contributed by atoms with Gasteiger partial charge in [0.25, 0.3) is 0 Å². The standard InChI is InChI=1S/C4H10NS/c1-5(2)4-6-3/h3-4H2,1-2H3. The van der Waals surface area contributed by atoms with Gasteiger partial charge in [0, 0.05) is 12.1 Å². The molecule has 37 valence electrons. The first-order chi connectivity index (χ1) is 2.77. The SMILES string of the molecule is [CH2]SCN(C)C. The minimum atomic E-state index is 1.01. The fraction of sp³-hybridized carbons (Fsp3) is 0.750. The number of thioether (sulfide) groups is 1. The molecule has 0 heterocycles. The van der Waals surface area contributed by atoms with E-state index in [0.717, 1.165) is 5.88 Å². The van der Waals surface area contributed by atoms with Crippen molar-refractivity contribution in [3.63, 3.8) is 0 Å². The van der Waals surface area contributed by atoms with Crippen LogP contribution in [0.5, 0.6) is 0 Å². The van der Waals surface area contributed by atoms with Gasteiger partial charge in [-0.05, 0) is 14.1 Å². The van der Waals surface area contributed by atoms with Crippen molar-refractivity contribution in [2.45, 2.75) is 0 Å². The van der Waals surface area contributed by atoms with Gasteiger partial charge in [-0.1, -0.05) is 0 Å². The molecule has 6 heavy (non-hydrogen) atoms. The first kappa shape index (κ1) is 6.31. The van der Waals surface area contributed by atoms with Crippen LogP contribution in [0.15, 0.2) is 0 Å². The average Bonchev–Trinajstić information content (AvgIpc) is 1.35. The summed E-state index contributed by atoms with van der Waals surface area (Å²) in [5, 5.41) is 0. The highest BCUT2D eigenvalue weighted by molar-refractivity contribution is 8.00. The molecule has 0 atom stereocenters. The van der Waals surface area contributed by atoms with E-state index in [4.69, 9.17) is 0 Å². The lowest BCUT2D eigenvalue weighted by atomic mass is 11.0. The van der Waals surface area contributed by atoms with Gasteiger partial charge in [-0.15, -0.1) is 11.8 Å². The molecule has 0 aromatic heterocycles. The van der Waals surface area contributed by atoms with Crippen LogP contribution in [0.25, 0.3) is 0 Å². The molecule has 1 radical (unpaired) electrons. The van der Waals surface area contributed by atoms with Crippen LogP contribution in [0.4, 0.5) is 0 Å². The summed E-state index contributed by atoms with van der Waals surface area (Å²) < 4.78 is 0. The van der Waals surface area contributed by atoms with Crippen LogP contribution < -0.4 is 0 Å². The van der Waals surface area contributed by atoms with Crippen LogP contribution in [0.2, 0.25) is 0 Å². The molecule has 0 aromatic carbocycles. The van der Waals surface area contributed by atoms with E-state index in [1.807, 2.05) is 14.1 Å². The Kier molecular flexibility index (Phi) is 3.68. The van der Waals surface area contributed by atoms with Gasteiger partial charge in [0.1, 0.15) is 0 Å². The van der Waals surface area contributed by atoms with Gasteiger partial charge in [0.15, 0.2) is 0 Å². The van der Waals surface area contributed by atoms with Crippen LogP contribution in [-0.4, -0.2) is 24.9 Å². The van der Waals surface area contributed by atoms with Crippen molar-refractivity contribution >= 4 is 11.8 Å². The third-order valence-corrected chi connectivity index (χ3v) is 1.05. The summed E-state index contributed by atoms with van der Waals surface area (Å²) in [5.74, 6) is 1.01. The first-order valence-corrected chi connectivity index (χ1v) is 2.94. The zero-order valence-corrected chi connectivity index (χ0v) is 5.09. The molecule has 0 amide bonds. The molecule has 0 saturated carbocycles. The second-order valence-corrected chi connectivity index (χ2v) is 2.08. The lowest BCUT2D eigenvalue weighted by molar-refractivity contribution is 0.486. The van der Waals surface area contributed by atoms with E-state index in [1.54, 1.807) is 11.8 Å². The number of hydrogen-bond acceptors (Lipinski definition) is 2. The zero-order valence-electron chi connectivity index (χ0n) is 4.27. The Hall–Kier alpha value is 0.310. The van der Waals surface area contributed by atoms with E-state index in [1.165, 1.54) is 0 Å². The Morgan fingerprint density at radius 3 is 2.17 bits per heavy atom. The fourth-order valence-corrected chi connectivity index (χ4v) is 0.548. The molecule has 0 unspecified atom stereocenters. The maximum atomic E-state index is 3.60. The summed E-state index contributed by atoms with van der Waals surface area (Å²) >= 11 is 1.59. The maximum absolute atomic E-state index is 3.60. The fourth-order valence-electron chi connectivity index (χ4n) is 0.183. The van der Waals surface area contributed by atoms with Crippen molar-refractivity contribution in [3.8, 4) is 0 Å². The molecule has 0 N–H and O–H groups in total. The first-order valence-electron chi connectivity index (χ1n) is 1.79. The van der Waals surface area contributed by atoms with Crippen molar-refractivity contribution in [1.82, 2.24) is 4.90 Å². The van der Waals surface area contributed by atoms with Crippen molar-refractivity contribution in [3.05, 3.63) is 6.26 Å². The Balaban J connectivity index is 2.63. The predicted octanol–water partition coefficient (Wildman–Crippen LogP) is 1.03. The van der Waals surface area contributed by atoms with Gasteiger partial charge in [-0.2, -0.15) is 0 Å². The Labute approximate surface area is 43.7 Å². The molecule has 0 spiro atoms. The summed E-state index contributed by atoms with van der Waals surface area (Å²) in [6.45, 7) is 0. The number of nitrogens with zero attached hydrogens (tertiary/aromatic N) is 1. The van der Waals surface area contributed by atoms with E-state index < -0.39 is 0 Å². The number of rotatable bonds is 2. The zero-order chi connectivity index (χ0) is 4.99. The van der Waals surface area contributed by atoms with Crippen LogP contribution in [0, 0.1) is 6.26 Å². The van der Waals surface area contributed by atoms with E-state index in [-0.39, 0.29) is 0 Å². The normalized spacial score (nSPS) is 10.0. The third kappa shape index (κ3) is 4.31. The minimum absolute atomic E-state index is 1.01. The van der Waals surface area contributed by atoms with Crippen molar-refractivity contribution in [2.24, 2.45) is 0 Å². The van der Waals surface area contributed by atoms with Crippen molar-refractivity contribution in [1.29, 1.82) is 0 Å². The molecule has 0 fully saturated rings. The van der Waals surface area contributed by atoms with Gasteiger partial charge in [0.2, 0.25) is 0 Å². The lowest BCUT2D eigenvalue weighted by Crippen LogP contribution is -2.08. The van der Waals surface area contributed by atoms with Gasteiger partial charge >= 0.3 is 0 Å². The molecule has 0 aliphatic heterocycles. The van der Waals surface area contributed by atoms with Crippen LogP contribution in [0.1, 0.15) is 0 Å². The molecule has 1 nitrogen and oxygen atoms in total. The monoisotopic (exact) mass is 104 g/mol. The summed E-state index contributed by atoms with van der Waals surface area (Å²) in [5.41, 5.74) is 0. The average molecular weight is 104 g/mol. The highest BCUT2D eigenvalue weighted by Gasteiger charge is 1.79. The molecule has 0 rings (SSSR count). The molecular weight excluding hydrogens is 94.1 g/mol. The highest BCUT2D eigenvalue weighted by Crippen LogP contribution is 1.93. The smallest absolute Gasteiger partial charge is 0.0438 e. The maximum Gasteiger partial charge on any atom is 0.0438 e. The third-order valence-electron chi connectivity index (χ3n) is 0.349. The van der Waals surface area contributed by atoms with E-state index in [2.05, 4.69) is 11.2 Å². The van der Waals surface area contributed by atoms with E-state index in [0.29, 0.717) is 0 Å². The van der Waals surface area contributed by atoms with Gasteiger partial charge in [0.05, 0.1) is 0 Å².